The summed E-state index contributed by atoms with van der Waals surface area (Å²) in [6, 6.07) is 7.50. The first kappa shape index (κ1) is 15.3. The predicted octanol–water partition coefficient (Wildman–Crippen LogP) is 1.07. The largest absolute Gasteiger partial charge is 0.487 e. The van der Waals surface area contributed by atoms with Crippen molar-refractivity contribution in [2.75, 3.05) is 18.5 Å². The lowest BCUT2D eigenvalue weighted by Crippen LogP contribution is -2.23. The van der Waals surface area contributed by atoms with Gasteiger partial charge in [-0.2, -0.15) is 5.10 Å². The summed E-state index contributed by atoms with van der Waals surface area (Å²) in [5, 5.41) is 25.5. The molecule has 0 bridgehead atoms. The van der Waals surface area contributed by atoms with Gasteiger partial charge in [0.1, 0.15) is 12.4 Å². The first-order chi connectivity index (χ1) is 10.1. The Morgan fingerprint density at radius 2 is 2.14 bits per heavy atom. The van der Waals surface area contributed by atoms with Crippen molar-refractivity contribution in [1.82, 2.24) is 9.78 Å². The maximum atomic E-state index is 9.39. The van der Waals surface area contributed by atoms with Crippen molar-refractivity contribution < 1.29 is 14.9 Å². The van der Waals surface area contributed by atoms with Crippen LogP contribution in [0, 0.1) is 6.92 Å². The Kier molecular flexibility index (Phi) is 5.19. The van der Waals surface area contributed by atoms with Gasteiger partial charge >= 0.3 is 0 Å². The van der Waals surface area contributed by atoms with Crippen molar-refractivity contribution in [3.8, 4) is 5.75 Å². The second-order valence-corrected chi connectivity index (χ2v) is 4.88. The second-order valence-electron chi connectivity index (χ2n) is 4.88. The van der Waals surface area contributed by atoms with Crippen molar-refractivity contribution in [2.24, 2.45) is 7.05 Å². The maximum Gasteiger partial charge on any atom is 0.142 e. The van der Waals surface area contributed by atoms with Crippen molar-refractivity contribution in [3.63, 3.8) is 0 Å². The summed E-state index contributed by atoms with van der Waals surface area (Å²) in [5.41, 5.74) is 2.88. The molecule has 0 aliphatic carbocycles. The van der Waals surface area contributed by atoms with Gasteiger partial charge in [-0.15, -0.1) is 0 Å². The molecular weight excluding hydrogens is 270 g/mol. The summed E-state index contributed by atoms with van der Waals surface area (Å²) in [6.07, 6.45) is 1.000. The van der Waals surface area contributed by atoms with Gasteiger partial charge in [0.15, 0.2) is 0 Å². The summed E-state index contributed by atoms with van der Waals surface area (Å²) < 4.78 is 7.63. The average molecular weight is 291 g/mol. The molecule has 0 radical (unpaired) electrons. The number of aryl methyl sites for hydroxylation is 1. The number of hydrogen-bond acceptors (Lipinski definition) is 5. The van der Waals surface area contributed by atoms with E-state index in [0.29, 0.717) is 12.4 Å². The Balaban J connectivity index is 2.01. The monoisotopic (exact) mass is 291 g/mol. The minimum atomic E-state index is -0.793. The lowest BCUT2D eigenvalue weighted by Gasteiger charge is -2.14. The molecule has 0 spiro atoms. The topological polar surface area (TPSA) is 79.5 Å². The van der Waals surface area contributed by atoms with Crippen molar-refractivity contribution in [2.45, 2.75) is 19.6 Å². The van der Waals surface area contributed by atoms with E-state index in [1.807, 2.05) is 38.2 Å². The van der Waals surface area contributed by atoms with E-state index < -0.39 is 6.10 Å². The van der Waals surface area contributed by atoms with Crippen molar-refractivity contribution in [1.29, 1.82) is 0 Å². The molecule has 1 atom stereocenters. The number of aliphatic hydroxyl groups excluding tert-OH is 2. The third-order valence-corrected chi connectivity index (χ3v) is 3.35. The van der Waals surface area contributed by atoms with E-state index in [9.17, 15) is 5.11 Å². The van der Waals surface area contributed by atoms with E-state index in [2.05, 4.69) is 10.4 Å². The molecule has 1 unspecified atom stereocenters. The summed E-state index contributed by atoms with van der Waals surface area (Å²) in [7, 11) is 1.89. The van der Waals surface area contributed by atoms with Gasteiger partial charge in [0.25, 0.3) is 0 Å². The molecule has 0 amide bonds. The maximum absolute atomic E-state index is 9.39. The smallest absolute Gasteiger partial charge is 0.142 e. The summed E-state index contributed by atoms with van der Waals surface area (Å²) >= 11 is 0. The highest BCUT2D eigenvalue weighted by molar-refractivity contribution is 5.56. The number of hydrogen-bond donors (Lipinski definition) is 3. The molecule has 114 valence electrons. The Hall–Kier alpha value is -2.05. The van der Waals surface area contributed by atoms with Gasteiger partial charge in [-0.1, -0.05) is 12.1 Å². The van der Waals surface area contributed by atoms with Crippen LogP contribution in [0.2, 0.25) is 0 Å². The number of aliphatic hydroxyl groups is 2. The van der Waals surface area contributed by atoms with E-state index in [-0.39, 0.29) is 13.2 Å². The lowest BCUT2D eigenvalue weighted by atomic mass is 10.2. The molecule has 0 saturated carbocycles. The molecule has 3 N–H and O–H groups in total. The molecule has 0 saturated heterocycles. The molecule has 6 heteroatoms. The summed E-state index contributed by atoms with van der Waals surface area (Å²) in [5.74, 6) is 0.700. The molecule has 0 fully saturated rings. The summed E-state index contributed by atoms with van der Waals surface area (Å²) in [6.45, 7) is 2.42. The molecule has 1 heterocycles. The minimum absolute atomic E-state index is 0.267. The first-order valence-corrected chi connectivity index (χ1v) is 6.84. The molecule has 6 nitrogen and oxygen atoms in total. The number of nitrogens with one attached hydrogen (secondary N) is 1. The lowest BCUT2D eigenvalue weighted by molar-refractivity contribution is 0.105. The van der Waals surface area contributed by atoms with E-state index in [0.717, 1.165) is 16.9 Å². The molecule has 2 aromatic rings. The normalized spacial score (nSPS) is 12.2. The quantitative estimate of drug-likeness (QED) is 0.711. The van der Waals surface area contributed by atoms with Crippen LogP contribution in [-0.2, 0) is 13.7 Å². The van der Waals surface area contributed by atoms with Gasteiger partial charge in [0.2, 0.25) is 0 Å². The third-order valence-electron chi connectivity index (χ3n) is 3.35. The van der Waals surface area contributed by atoms with Crippen LogP contribution < -0.4 is 10.1 Å². The van der Waals surface area contributed by atoms with E-state index >= 15 is 0 Å². The van der Waals surface area contributed by atoms with E-state index in [1.54, 1.807) is 10.9 Å². The number of para-hydroxylation sites is 2. The van der Waals surface area contributed by atoms with Gasteiger partial charge in [-0.3, -0.25) is 4.68 Å². The first-order valence-electron chi connectivity index (χ1n) is 6.84. The fourth-order valence-electron chi connectivity index (χ4n) is 1.87. The number of rotatable bonds is 7. The van der Waals surface area contributed by atoms with Crippen LogP contribution in [0.15, 0.2) is 30.5 Å². The van der Waals surface area contributed by atoms with Crippen LogP contribution >= 0.6 is 0 Å². The SMILES string of the molecule is Cc1c(COc2ccccc2NCC(O)CO)cnn1C. The fourth-order valence-corrected chi connectivity index (χ4v) is 1.87. The van der Waals surface area contributed by atoms with Gasteiger partial charge in [-0.25, -0.2) is 0 Å². The fraction of sp³-hybridized carbons (Fsp3) is 0.400. The van der Waals surface area contributed by atoms with Crippen LogP contribution in [0.25, 0.3) is 0 Å². The van der Waals surface area contributed by atoms with Gasteiger partial charge < -0.3 is 20.3 Å². The standard InChI is InChI=1S/C15H21N3O3/c1-11-12(7-17-18(11)2)10-21-15-6-4-3-5-14(15)16-8-13(20)9-19/h3-7,13,16,19-20H,8-10H2,1-2H3. The molecule has 0 aliphatic rings. The Morgan fingerprint density at radius 3 is 2.81 bits per heavy atom. The minimum Gasteiger partial charge on any atom is -0.487 e. The molecular formula is C15H21N3O3. The predicted molar refractivity (Wildman–Crippen MR) is 80.3 cm³/mol. The van der Waals surface area contributed by atoms with Crippen LogP contribution in [0.4, 0.5) is 5.69 Å². The van der Waals surface area contributed by atoms with Crippen LogP contribution in [0.5, 0.6) is 5.75 Å². The number of anilines is 1. The number of ether oxygens (including phenoxy) is 1. The number of aromatic nitrogens is 2. The zero-order chi connectivity index (χ0) is 15.2. The summed E-state index contributed by atoms with van der Waals surface area (Å²) in [4.78, 5) is 0. The number of benzene rings is 1. The molecule has 1 aromatic carbocycles. The Bertz CT molecular complexity index is 583. The van der Waals surface area contributed by atoms with E-state index in [1.165, 1.54) is 0 Å². The van der Waals surface area contributed by atoms with Crippen molar-refractivity contribution >= 4 is 5.69 Å². The van der Waals surface area contributed by atoms with Crippen LogP contribution in [0.1, 0.15) is 11.3 Å². The Morgan fingerprint density at radius 1 is 1.38 bits per heavy atom. The zero-order valence-electron chi connectivity index (χ0n) is 12.3. The van der Waals surface area contributed by atoms with Gasteiger partial charge in [0.05, 0.1) is 24.6 Å². The highest BCUT2D eigenvalue weighted by atomic mass is 16.5. The molecule has 2 rings (SSSR count). The van der Waals surface area contributed by atoms with Crippen LogP contribution in [-0.4, -0.2) is 39.2 Å². The Labute approximate surface area is 124 Å². The van der Waals surface area contributed by atoms with Crippen LogP contribution in [0.3, 0.4) is 0 Å². The average Bonchev–Trinajstić information content (AvgIpc) is 2.83. The highest BCUT2D eigenvalue weighted by Gasteiger charge is 2.08. The third kappa shape index (κ3) is 3.96. The zero-order valence-corrected chi connectivity index (χ0v) is 12.3. The molecule has 21 heavy (non-hydrogen) atoms. The van der Waals surface area contributed by atoms with Gasteiger partial charge in [-0.05, 0) is 19.1 Å². The number of nitrogens with zero attached hydrogens (tertiary/aromatic N) is 2. The van der Waals surface area contributed by atoms with Gasteiger partial charge in [0, 0.05) is 24.8 Å². The van der Waals surface area contributed by atoms with E-state index in [4.69, 9.17) is 9.84 Å². The highest BCUT2D eigenvalue weighted by Crippen LogP contribution is 2.25. The molecule has 0 aliphatic heterocycles. The second kappa shape index (κ2) is 7.10. The van der Waals surface area contributed by atoms with Crippen molar-refractivity contribution in [3.05, 3.63) is 41.7 Å². The molecule has 1 aromatic heterocycles.